The van der Waals surface area contributed by atoms with Gasteiger partial charge in [0, 0.05) is 24.0 Å². The number of nitrogens with one attached hydrogen (secondary N) is 1. The molecule has 0 amide bonds. The van der Waals surface area contributed by atoms with Crippen molar-refractivity contribution in [3.63, 3.8) is 0 Å². The maximum Gasteiger partial charge on any atom is 0.202 e. The fraction of sp³-hybridized carbons (Fsp3) is 0.846. The first kappa shape index (κ1) is 10.3. The molecule has 3 unspecified atom stereocenters. The summed E-state index contributed by atoms with van der Waals surface area (Å²) in [5.41, 5.74) is 0. The molecule has 1 aromatic heterocycles. The molecule has 0 spiro atoms. The Hall–Kier alpha value is -0.640. The van der Waals surface area contributed by atoms with Gasteiger partial charge in [-0.3, -0.25) is 0 Å². The molecular weight excluding hydrogens is 230 g/mol. The van der Waals surface area contributed by atoms with Crippen molar-refractivity contribution in [2.24, 2.45) is 17.8 Å². The molecule has 1 heterocycles. The van der Waals surface area contributed by atoms with Gasteiger partial charge < -0.3 is 5.32 Å². The molecule has 0 aromatic carbocycles. The number of anilines is 1. The highest BCUT2D eigenvalue weighted by molar-refractivity contribution is 7.09. The largest absolute Gasteiger partial charge is 0.360 e. The van der Waals surface area contributed by atoms with E-state index in [9.17, 15) is 0 Å². The molecule has 3 atom stereocenters. The summed E-state index contributed by atoms with van der Waals surface area (Å²) >= 11 is 1.55. The molecule has 0 radical (unpaired) electrons. The fourth-order valence-electron chi connectivity index (χ4n) is 3.66. The standard InChI is InChI=1S/C13H19N3S/c1-2-10-5-8(1)6-11(10)7-14-13-15-12(16-17-13)9-3-4-9/h8-11H,1-7H2,(H,14,15,16). The van der Waals surface area contributed by atoms with Crippen molar-refractivity contribution in [3.8, 4) is 0 Å². The van der Waals surface area contributed by atoms with Gasteiger partial charge in [-0.25, -0.2) is 4.98 Å². The maximum absolute atomic E-state index is 4.59. The Morgan fingerprint density at radius 3 is 2.82 bits per heavy atom. The predicted molar refractivity (Wildman–Crippen MR) is 69.3 cm³/mol. The molecule has 17 heavy (non-hydrogen) atoms. The van der Waals surface area contributed by atoms with E-state index < -0.39 is 0 Å². The van der Waals surface area contributed by atoms with Crippen molar-refractivity contribution in [2.45, 2.75) is 44.4 Å². The van der Waals surface area contributed by atoms with Gasteiger partial charge in [-0.1, -0.05) is 6.42 Å². The van der Waals surface area contributed by atoms with Crippen LogP contribution in [0.3, 0.4) is 0 Å². The second-order valence-corrected chi connectivity index (χ2v) is 6.80. The smallest absolute Gasteiger partial charge is 0.202 e. The van der Waals surface area contributed by atoms with E-state index in [1.165, 1.54) is 38.5 Å². The van der Waals surface area contributed by atoms with Crippen LogP contribution in [0.15, 0.2) is 0 Å². The van der Waals surface area contributed by atoms with E-state index in [0.717, 1.165) is 35.3 Å². The Morgan fingerprint density at radius 1 is 1.18 bits per heavy atom. The molecule has 0 saturated heterocycles. The van der Waals surface area contributed by atoms with Crippen LogP contribution in [0.1, 0.15) is 50.3 Å². The highest BCUT2D eigenvalue weighted by Gasteiger charge is 2.39. The van der Waals surface area contributed by atoms with Crippen LogP contribution in [0.4, 0.5) is 5.13 Å². The van der Waals surface area contributed by atoms with Gasteiger partial charge in [0.2, 0.25) is 5.13 Å². The molecule has 3 saturated carbocycles. The summed E-state index contributed by atoms with van der Waals surface area (Å²) in [4.78, 5) is 4.59. The van der Waals surface area contributed by atoms with Gasteiger partial charge in [0.1, 0.15) is 5.82 Å². The average Bonchev–Trinajstić information content (AvgIpc) is 2.80. The minimum absolute atomic E-state index is 0.685. The first-order chi connectivity index (χ1) is 8.38. The molecule has 3 aliphatic rings. The topological polar surface area (TPSA) is 37.8 Å². The maximum atomic E-state index is 4.59. The van der Waals surface area contributed by atoms with Crippen LogP contribution in [0.25, 0.3) is 0 Å². The molecule has 3 nitrogen and oxygen atoms in total. The molecular formula is C13H19N3S. The Labute approximate surface area is 106 Å². The van der Waals surface area contributed by atoms with E-state index in [0.29, 0.717) is 5.92 Å². The summed E-state index contributed by atoms with van der Waals surface area (Å²) in [5, 5.41) is 4.57. The first-order valence-electron chi connectivity index (χ1n) is 6.96. The van der Waals surface area contributed by atoms with Crippen molar-refractivity contribution >= 4 is 16.7 Å². The molecule has 3 fully saturated rings. The van der Waals surface area contributed by atoms with Crippen molar-refractivity contribution in [1.29, 1.82) is 0 Å². The Kier molecular flexibility index (Phi) is 2.39. The number of hydrogen-bond acceptors (Lipinski definition) is 4. The summed E-state index contributed by atoms with van der Waals surface area (Å²) in [7, 11) is 0. The van der Waals surface area contributed by atoms with Crippen molar-refractivity contribution in [3.05, 3.63) is 5.82 Å². The van der Waals surface area contributed by atoms with E-state index in [1.807, 2.05) is 0 Å². The average molecular weight is 249 g/mol. The van der Waals surface area contributed by atoms with Gasteiger partial charge in [0.05, 0.1) is 0 Å². The van der Waals surface area contributed by atoms with Crippen LogP contribution >= 0.6 is 11.5 Å². The van der Waals surface area contributed by atoms with E-state index in [-0.39, 0.29) is 0 Å². The number of aromatic nitrogens is 2. The fourth-order valence-corrected chi connectivity index (χ4v) is 4.31. The summed E-state index contributed by atoms with van der Waals surface area (Å²) in [6, 6.07) is 0. The molecule has 3 aliphatic carbocycles. The van der Waals surface area contributed by atoms with E-state index in [2.05, 4.69) is 14.7 Å². The number of nitrogens with zero attached hydrogens (tertiary/aromatic N) is 2. The van der Waals surface area contributed by atoms with E-state index >= 15 is 0 Å². The number of hydrogen-bond donors (Lipinski definition) is 1. The van der Waals surface area contributed by atoms with Crippen molar-refractivity contribution < 1.29 is 0 Å². The zero-order chi connectivity index (χ0) is 11.2. The van der Waals surface area contributed by atoms with Gasteiger partial charge in [-0.05, 0) is 49.9 Å². The van der Waals surface area contributed by atoms with Crippen LogP contribution in [0.2, 0.25) is 0 Å². The summed E-state index contributed by atoms with van der Waals surface area (Å²) < 4.78 is 4.44. The highest BCUT2D eigenvalue weighted by atomic mass is 32.1. The van der Waals surface area contributed by atoms with Gasteiger partial charge in [0.25, 0.3) is 0 Å². The van der Waals surface area contributed by atoms with Crippen LogP contribution in [-0.4, -0.2) is 15.9 Å². The van der Waals surface area contributed by atoms with Gasteiger partial charge >= 0.3 is 0 Å². The number of rotatable bonds is 4. The Balaban J connectivity index is 1.34. The van der Waals surface area contributed by atoms with Crippen molar-refractivity contribution in [2.75, 3.05) is 11.9 Å². The summed E-state index contributed by atoms with van der Waals surface area (Å²) in [6.45, 7) is 1.13. The minimum atomic E-state index is 0.685. The molecule has 1 N–H and O–H groups in total. The Morgan fingerprint density at radius 2 is 2.12 bits per heavy atom. The molecule has 1 aromatic rings. The Bertz CT molecular complexity index is 413. The number of fused-ring (bicyclic) bond motifs is 2. The lowest BCUT2D eigenvalue weighted by molar-refractivity contribution is 0.348. The van der Waals surface area contributed by atoms with Gasteiger partial charge in [-0.2, -0.15) is 4.37 Å². The van der Waals surface area contributed by atoms with Gasteiger partial charge in [-0.15, -0.1) is 0 Å². The van der Waals surface area contributed by atoms with Crippen LogP contribution < -0.4 is 5.32 Å². The third-order valence-corrected chi connectivity index (χ3v) is 5.47. The lowest BCUT2D eigenvalue weighted by Gasteiger charge is -2.21. The highest BCUT2D eigenvalue weighted by Crippen LogP contribution is 2.48. The van der Waals surface area contributed by atoms with Crippen LogP contribution in [0.5, 0.6) is 0 Å². The van der Waals surface area contributed by atoms with Crippen LogP contribution in [0, 0.1) is 17.8 Å². The zero-order valence-electron chi connectivity index (χ0n) is 10.1. The quantitative estimate of drug-likeness (QED) is 0.890. The van der Waals surface area contributed by atoms with Crippen molar-refractivity contribution in [1.82, 2.24) is 9.36 Å². The second kappa shape index (κ2) is 3.94. The summed E-state index contributed by atoms with van der Waals surface area (Å²) in [6.07, 6.45) is 8.50. The second-order valence-electron chi connectivity index (χ2n) is 6.05. The molecule has 4 heteroatoms. The molecule has 0 aliphatic heterocycles. The van der Waals surface area contributed by atoms with Gasteiger partial charge in [0.15, 0.2) is 0 Å². The SMILES string of the molecule is C1CC2CC1CC2CNc1nc(C2CC2)ns1. The molecule has 92 valence electrons. The van der Waals surface area contributed by atoms with E-state index in [4.69, 9.17) is 0 Å². The minimum Gasteiger partial charge on any atom is -0.360 e. The van der Waals surface area contributed by atoms with Crippen LogP contribution in [-0.2, 0) is 0 Å². The predicted octanol–water partition coefficient (Wildman–Crippen LogP) is 3.26. The van der Waals surface area contributed by atoms with E-state index in [1.54, 1.807) is 11.5 Å². The molecule has 4 rings (SSSR count). The summed E-state index contributed by atoms with van der Waals surface area (Å²) in [5.74, 6) is 4.73. The first-order valence-corrected chi connectivity index (χ1v) is 7.73. The third-order valence-electron chi connectivity index (χ3n) is 4.78. The lowest BCUT2D eigenvalue weighted by Crippen LogP contribution is -2.20. The zero-order valence-corrected chi connectivity index (χ0v) is 10.9. The normalized spacial score (nSPS) is 35.4. The third kappa shape index (κ3) is 1.96. The molecule has 2 bridgehead atoms. The monoisotopic (exact) mass is 249 g/mol. The lowest BCUT2D eigenvalue weighted by atomic mass is 9.89.